The minimum absolute atomic E-state index is 0.184. The molecule has 0 spiro atoms. The molecule has 1 N–H and O–H groups in total. The Labute approximate surface area is 84.6 Å². The molecule has 0 aliphatic rings. The van der Waals surface area contributed by atoms with Gasteiger partial charge in [-0.1, -0.05) is 31.2 Å². The van der Waals surface area contributed by atoms with Crippen LogP contribution >= 0.6 is 0 Å². The van der Waals surface area contributed by atoms with Gasteiger partial charge >= 0.3 is 0 Å². The molecule has 1 aromatic rings. The molecular weight excluding hydrogens is 176 g/mol. The maximum atomic E-state index is 10.3. The zero-order chi connectivity index (χ0) is 10.4. The summed E-state index contributed by atoms with van der Waals surface area (Å²) in [5.74, 6) is 0.288. The van der Waals surface area contributed by atoms with Crippen molar-refractivity contribution in [2.24, 2.45) is 0 Å². The highest BCUT2D eigenvalue weighted by atomic mass is 16.2. The van der Waals surface area contributed by atoms with Gasteiger partial charge in [0.25, 0.3) is 0 Å². The van der Waals surface area contributed by atoms with Gasteiger partial charge in [0.05, 0.1) is 0 Å². The third-order valence-electron chi connectivity index (χ3n) is 2.40. The third kappa shape index (κ3) is 2.96. The summed E-state index contributed by atoms with van der Waals surface area (Å²) in [5.41, 5.74) is 2.31. The summed E-state index contributed by atoms with van der Waals surface area (Å²) < 4.78 is 0. The number of hydrogen-bond donors (Lipinski definition) is 1. The van der Waals surface area contributed by atoms with Crippen LogP contribution in [0.1, 0.15) is 30.4 Å². The summed E-state index contributed by atoms with van der Waals surface area (Å²) in [6.07, 6.45) is 2.22. The fraction of sp³-hybridized carbons (Fsp3) is 0.417. The van der Waals surface area contributed by atoms with Crippen LogP contribution in [0.5, 0.6) is 0 Å². The molecule has 0 aliphatic carbocycles. The Balaban J connectivity index is 2.67. The quantitative estimate of drug-likeness (QED) is 0.724. The van der Waals surface area contributed by atoms with E-state index in [1.165, 1.54) is 5.56 Å². The van der Waals surface area contributed by atoms with Crippen molar-refractivity contribution in [1.82, 2.24) is 0 Å². The highest BCUT2D eigenvalue weighted by Crippen LogP contribution is 2.18. The van der Waals surface area contributed by atoms with E-state index in [2.05, 4.69) is 0 Å². The van der Waals surface area contributed by atoms with Crippen LogP contribution in [0.3, 0.4) is 0 Å². The number of carbonyl (C=O) groups is 1. The van der Waals surface area contributed by atoms with E-state index in [0.717, 1.165) is 11.8 Å². The molecule has 2 nitrogen and oxygen atoms in total. The molecule has 0 aromatic heterocycles. The van der Waals surface area contributed by atoms with Gasteiger partial charge in [0.1, 0.15) is 6.29 Å². The van der Waals surface area contributed by atoms with Gasteiger partial charge in [-0.15, -0.1) is 0 Å². The maximum Gasteiger partial charge on any atom is 0.120 e. The van der Waals surface area contributed by atoms with E-state index in [1.807, 2.05) is 31.2 Å². The average Bonchev–Trinajstić information content (AvgIpc) is 2.20. The predicted molar refractivity (Wildman–Crippen MR) is 56.3 cm³/mol. The van der Waals surface area contributed by atoms with E-state index in [1.54, 1.807) is 0 Å². The van der Waals surface area contributed by atoms with Crippen molar-refractivity contribution in [1.29, 1.82) is 0 Å². The Kier molecular flexibility index (Phi) is 4.33. The van der Waals surface area contributed by atoms with Gasteiger partial charge < -0.3 is 9.90 Å². The Morgan fingerprint density at radius 2 is 2.00 bits per heavy atom. The van der Waals surface area contributed by atoms with Gasteiger partial charge in [-0.05, 0) is 23.5 Å². The van der Waals surface area contributed by atoms with Crippen LogP contribution in [-0.2, 0) is 11.2 Å². The first-order chi connectivity index (χ1) is 6.77. The first-order valence-corrected chi connectivity index (χ1v) is 4.91. The lowest BCUT2D eigenvalue weighted by Crippen LogP contribution is -1.95. The molecule has 2 heteroatoms. The summed E-state index contributed by atoms with van der Waals surface area (Å²) >= 11 is 0. The van der Waals surface area contributed by atoms with Crippen molar-refractivity contribution in [3.63, 3.8) is 0 Å². The molecular formula is C12H16O2. The smallest absolute Gasteiger partial charge is 0.120 e. The topological polar surface area (TPSA) is 37.3 Å². The molecule has 0 saturated heterocycles. The van der Waals surface area contributed by atoms with Crippen molar-refractivity contribution < 1.29 is 9.90 Å². The molecule has 0 heterocycles. The SMILES string of the molecule is CC(CC=O)c1ccc(CCO)cc1. The van der Waals surface area contributed by atoms with Gasteiger partial charge in [-0.25, -0.2) is 0 Å². The second-order valence-corrected chi connectivity index (χ2v) is 3.52. The summed E-state index contributed by atoms with van der Waals surface area (Å²) in [6, 6.07) is 8.07. The second-order valence-electron chi connectivity index (χ2n) is 3.52. The minimum atomic E-state index is 0.184. The normalized spacial score (nSPS) is 12.4. The Morgan fingerprint density at radius 1 is 1.36 bits per heavy atom. The number of aliphatic hydroxyl groups excluding tert-OH is 1. The van der Waals surface area contributed by atoms with Crippen molar-refractivity contribution in [3.05, 3.63) is 35.4 Å². The lowest BCUT2D eigenvalue weighted by Gasteiger charge is -2.08. The van der Waals surface area contributed by atoms with Gasteiger partial charge in [-0.3, -0.25) is 0 Å². The third-order valence-corrected chi connectivity index (χ3v) is 2.40. The van der Waals surface area contributed by atoms with Gasteiger partial charge in [0.2, 0.25) is 0 Å². The number of aldehydes is 1. The highest BCUT2D eigenvalue weighted by Gasteiger charge is 2.03. The predicted octanol–water partition coefficient (Wildman–Crippen LogP) is 1.91. The molecule has 1 rings (SSSR count). The van der Waals surface area contributed by atoms with E-state index >= 15 is 0 Å². The summed E-state index contributed by atoms with van der Waals surface area (Å²) in [7, 11) is 0. The molecule has 1 aromatic carbocycles. The number of rotatable bonds is 5. The monoisotopic (exact) mass is 192 g/mol. The maximum absolute atomic E-state index is 10.3. The highest BCUT2D eigenvalue weighted by molar-refractivity contribution is 5.51. The van der Waals surface area contributed by atoms with Crippen molar-refractivity contribution in [2.75, 3.05) is 6.61 Å². The van der Waals surface area contributed by atoms with Crippen molar-refractivity contribution in [2.45, 2.75) is 25.7 Å². The Morgan fingerprint density at radius 3 is 2.50 bits per heavy atom. The van der Waals surface area contributed by atoms with Gasteiger partial charge in [0, 0.05) is 13.0 Å². The molecule has 0 amide bonds. The molecule has 0 fully saturated rings. The van der Waals surface area contributed by atoms with Crippen LogP contribution in [-0.4, -0.2) is 18.0 Å². The fourth-order valence-corrected chi connectivity index (χ4v) is 1.42. The Bertz CT molecular complexity index is 277. The standard InChI is InChI=1S/C12H16O2/c1-10(6-8-13)12-4-2-11(3-5-12)7-9-14/h2-5,8,10,14H,6-7,9H2,1H3. The number of aliphatic hydroxyl groups is 1. The van der Waals surface area contributed by atoms with Crippen LogP contribution in [0, 0.1) is 0 Å². The van der Waals surface area contributed by atoms with Crippen LogP contribution in [0.2, 0.25) is 0 Å². The lowest BCUT2D eigenvalue weighted by molar-refractivity contribution is -0.108. The van der Waals surface area contributed by atoms with Gasteiger partial charge in [0.15, 0.2) is 0 Å². The molecule has 0 aliphatic heterocycles. The van der Waals surface area contributed by atoms with Crippen LogP contribution in [0.4, 0.5) is 0 Å². The van der Waals surface area contributed by atoms with Crippen molar-refractivity contribution >= 4 is 6.29 Å². The van der Waals surface area contributed by atoms with Crippen LogP contribution in [0.15, 0.2) is 24.3 Å². The summed E-state index contributed by atoms with van der Waals surface area (Å²) in [4.78, 5) is 10.3. The van der Waals surface area contributed by atoms with Crippen molar-refractivity contribution in [3.8, 4) is 0 Å². The lowest BCUT2D eigenvalue weighted by atomic mass is 9.97. The molecule has 0 saturated carbocycles. The summed E-state index contributed by atoms with van der Waals surface area (Å²) in [6.45, 7) is 2.22. The molecule has 0 bridgehead atoms. The van der Waals surface area contributed by atoms with E-state index in [9.17, 15) is 4.79 Å². The number of carbonyl (C=O) groups excluding carboxylic acids is 1. The molecule has 0 radical (unpaired) electrons. The minimum Gasteiger partial charge on any atom is -0.396 e. The fourth-order valence-electron chi connectivity index (χ4n) is 1.42. The largest absolute Gasteiger partial charge is 0.396 e. The first kappa shape index (κ1) is 10.9. The first-order valence-electron chi connectivity index (χ1n) is 4.91. The zero-order valence-corrected chi connectivity index (χ0v) is 8.44. The van der Waals surface area contributed by atoms with Crippen LogP contribution < -0.4 is 0 Å². The van der Waals surface area contributed by atoms with Gasteiger partial charge in [-0.2, -0.15) is 0 Å². The molecule has 1 atom stereocenters. The van der Waals surface area contributed by atoms with E-state index in [-0.39, 0.29) is 12.5 Å². The molecule has 1 unspecified atom stereocenters. The zero-order valence-electron chi connectivity index (χ0n) is 8.44. The second kappa shape index (κ2) is 5.55. The van der Waals surface area contributed by atoms with E-state index in [0.29, 0.717) is 12.8 Å². The summed E-state index contributed by atoms with van der Waals surface area (Å²) in [5, 5.41) is 8.74. The van der Waals surface area contributed by atoms with E-state index < -0.39 is 0 Å². The molecule has 76 valence electrons. The number of benzene rings is 1. The number of hydrogen-bond acceptors (Lipinski definition) is 2. The Hall–Kier alpha value is -1.15. The van der Waals surface area contributed by atoms with Crippen LogP contribution in [0.25, 0.3) is 0 Å². The van der Waals surface area contributed by atoms with E-state index in [4.69, 9.17) is 5.11 Å². The molecule has 14 heavy (non-hydrogen) atoms. The average molecular weight is 192 g/mol.